The molecule has 4 rings (SSSR count). The number of hydrogen-bond acceptors (Lipinski definition) is 5. The summed E-state index contributed by atoms with van der Waals surface area (Å²) in [4.78, 5) is 17.9. The van der Waals surface area contributed by atoms with Crippen molar-refractivity contribution in [2.75, 3.05) is 13.1 Å². The van der Waals surface area contributed by atoms with Crippen molar-refractivity contribution < 1.29 is 23.0 Å². The first kappa shape index (κ1) is 22.0. The van der Waals surface area contributed by atoms with E-state index in [-0.39, 0.29) is 18.4 Å². The molecule has 2 fully saturated rings. The van der Waals surface area contributed by atoms with Gasteiger partial charge < -0.3 is 9.84 Å². The van der Waals surface area contributed by atoms with E-state index >= 15 is 0 Å². The van der Waals surface area contributed by atoms with E-state index in [9.17, 15) is 23.1 Å². The molecule has 1 aromatic heterocycles. The minimum atomic E-state index is -3.63. The van der Waals surface area contributed by atoms with Gasteiger partial charge in [-0.3, -0.25) is 9.47 Å². The number of aryl methyl sites for hydroxylation is 1. The topological polar surface area (TPSA) is 67.6 Å². The summed E-state index contributed by atoms with van der Waals surface area (Å²) in [6, 6.07) is 7.79. The average molecular weight is 437 g/mol. The third-order valence-electron chi connectivity index (χ3n) is 6.15. The molecule has 168 valence electrons. The molecule has 0 aliphatic carbocycles. The van der Waals surface area contributed by atoms with E-state index in [0.717, 1.165) is 29.4 Å². The van der Waals surface area contributed by atoms with Crippen LogP contribution in [-0.2, 0) is 11.2 Å². The zero-order valence-electron chi connectivity index (χ0n) is 17.3. The van der Waals surface area contributed by atoms with Gasteiger partial charge in [-0.1, -0.05) is 18.6 Å². The molecule has 31 heavy (non-hydrogen) atoms. The second kappa shape index (κ2) is 8.72. The fraction of sp³-hybridized carbons (Fsp3) is 0.545. The SMILES string of the molecule is Cc1ccn([C@@H]2O[C@H](CN3CCCCC3Cc3ccc(F)cc3)[C@@H](O)C2(F)F)c(=O)n1. The first-order valence-electron chi connectivity index (χ1n) is 10.5. The van der Waals surface area contributed by atoms with Gasteiger partial charge >= 0.3 is 11.6 Å². The van der Waals surface area contributed by atoms with Crippen LogP contribution in [0.4, 0.5) is 13.2 Å². The van der Waals surface area contributed by atoms with Gasteiger partial charge in [-0.05, 0) is 56.5 Å². The minimum Gasteiger partial charge on any atom is -0.384 e. The number of likely N-dealkylation sites (tertiary alicyclic amines) is 1. The van der Waals surface area contributed by atoms with Crippen molar-refractivity contribution in [3.05, 3.63) is 64.1 Å². The Bertz CT molecular complexity index is 966. The first-order chi connectivity index (χ1) is 14.8. The third kappa shape index (κ3) is 4.53. The maximum atomic E-state index is 14.8. The number of rotatable bonds is 5. The first-order valence-corrected chi connectivity index (χ1v) is 10.5. The van der Waals surface area contributed by atoms with E-state index in [1.54, 1.807) is 19.1 Å². The van der Waals surface area contributed by atoms with Crippen molar-refractivity contribution in [3.8, 4) is 0 Å². The number of alkyl halides is 2. The van der Waals surface area contributed by atoms with Crippen LogP contribution in [0.5, 0.6) is 0 Å². The van der Waals surface area contributed by atoms with Crippen LogP contribution in [0.15, 0.2) is 41.3 Å². The van der Waals surface area contributed by atoms with Crippen LogP contribution >= 0.6 is 0 Å². The number of aliphatic hydroxyl groups is 1. The van der Waals surface area contributed by atoms with Crippen LogP contribution < -0.4 is 5.69 Å². The third-order valence-corrected chi connectivity index (χ3v) is 6.15. The van der Waals surface area contributed by atoms with E-state index in [2.05, 4.69) is 9.88 Å². The normalized spacial score (nSPS) is 28.7. The Kier molecular flexibility index (Phi) is 6.18. The van der Waals surface area contributed by atoms with Gasteiger partial charge in [0.05, 0.1) is 0 Å². The molecule has 1 N–H and O–H groups in total. The molecule has 2 aliphatic rings. The Labute approximate surface area is 178 Å². The largest absolute Gasteiger partial charge is 0.384 e. The van der Waals surface area contributed by atoms with E-state index in [1.165, 1.54) is 24.4 Å². The molecule has 2 aromatic rings. The summed E-state index contributed by atoms with van der Waals surface area (Å²) in [6.45, 7) is 2.41. The van der Waals surface area contributed by atoms with Crippen molar-refractivity contribution in [2.24, 2.45) is 0 Å². The summed E-state index contributed by atoms with van der Waals surface area (Å²) in [7, 11) is 0. The Hall–Kier alpha value is -2.23. The highest BCUT2D eigenvalue weighted by Crippen LogP contribution is 2.42. The molecule has 1 aromatic carbocycles. The summed E-state index contributed by atoms with van der Waals surface area (Å²) < 4.78 is 49.2. The Balaban J connectivity index is 1.50. The lowest BCUT2D eigenvalue weighted by atomic mass is 9.94. The van der Waals surface area contributed by atoms with E-state index < -0.39 is 30.0 Å². The van der Waals surface area contributed by atoms with Gasteiger partial charge in [0.25, 0.3) is 0 Å². The number of halogens is 3. The summed E-state index contributed by atoms with van der Waals surface area (Å²) in [5.41, 5.74) is 0.535. The zero-order valence-corrected chi connectivity index (χ0v) is 17.3. The second-order valence-electron chi connectivity index (χ2n) is 8.38. The maximum Gasteiger partial charge on any atom is 0.350 e. The van der Waals surface area contributed by atoms with Crippen molar-refractivity contribution in [1.29, 1.82) is 0 Å². The lowest BCUT2D eigenvalue weighted by Gasteiger charge is -2.37. The molecule has 9 heteroatoms. The highest BCUT2D eigenvalue weighted by molar-refractivity contribution is 5.17. The highest BCUT2D eigenvalue weighted by Gasteiger charge is 2.60. The number of hydrogen-bond donors (Lipinski definition) is 1. The molecule has 2 saturated heterocycles. The van der Waals surface area contributed by atoms with Crippen molar-refractivity contribution in [3.63, 3.8) is 0 Å². The van der Waals surface area contributed by atoms with Crippen molar-refractivity contribution in [1.82, 2.24) is 14.5 Å². The van der Waals surface area contributed by atoms with E-state index in [1.807, 2.05) is 0 Å². The van der Waals surface area contributed by atoms with Crippen LogP contribution in [0.3, 0.4) is 0 Å². The number of benzene rings is 1. The predicted molar refractivity (Wildman–Crippen MR) is 107 cm³/mol. The van der Waals surface area contributed by atoms with Gasteiger partial charge in [0.2, 0.25) is 6.23 Å². The molecular weight excluding hydrogens is 411 g/mol. The molecule has 4 atom stereocenters. The van der Waals surface area contributed by atoms with Crippen LogP contribution in [0, 0.1) is 12.7 Å². The zero-order chi connectivity index (χ0) is 22.2. The second-order valence-corrected chi connectivity index (χ2v) is 8.38. The molecule has 0 radical (unpaired) electrons. The molecule has 2 aliphatic heterocycles. The van der Waals surface area contributed by atoms with Gasteiger partial charge in [-0.2, -0.15) is 13.8 Å². The molecule has 6 nitrogen and oxygen atoms in total. The minimum absolute atomic E-state index is 0.0754. The predicted octanol–water partition coefficient (Wildman–Crippen LogP) is 2.68. The van der Waals surface area contributed by atoms with Gasteiger partial charge in [0.15, 0.2) is 0 Å². The highest BCUT2D eigenvalue weighted by atomic mass is 19.3. The Morgan fingerprint density at radius 1 is 1.23 bits per heavy atom. The summed E-state index contributed by atoms with van der Waals surface area (Å²) in [6.07, 6.45) is -0.416. The Morgan fingerprint density at radius 3 is 2.68 bits per heavy atom. The molecule has 0 saturated carbocycles. The van der Waals surface area contributed by atoms with Crippen LogP contribution in [0.2, 0.25) is 0 Å². The molecule has 0 spiro atoms. The number of aromatic nitrogens is 2. The maximum absolute atomic E-state index is 14.8. The van der Waals surface area contributed by atoms with Crippen molar-refractivity contribution in [2.45, 2.75) is 63.0 Å². The molecule has 3 heterocycles. The van der Waals surface area contributed by atoms with Crippen molar-refractivity contribution >= 4 is 0 Å². The summed E-state index contributed by atoms with van der Waals surface area (Å²) in [5, 5.41) is 10.4. The standard InChI is InChI=1S/C22H26F3N3O3/c1-14-9-11-28(21(30)26-14)20-22(24,25)19(29)18(31-20)13-27-10-3-2-4-17(27)12-15-5-7-16(23)8-6-15/h5-9,11,17-20,29H,2-4,10,12-13H2,1H3/t17?,18-,19-,20-/m1/s1. The number of piperidine rings is 1. The fourth-order valence-corrected chi connectivity index (χ4v) is 4.45. The lowest BCUT2D eigenvalue weighted by molar-refractivity contribution is -0.140. The van der Waals surface area contributed by atoms with Gasteiger partial charge in [-0.25, -0.2) is 9.18 Å². The van der Waals surface area contributed by atoms with Gasteiger partial charge in [0, 0.05) is 24.5 Å². The summed E-state index contributed by atoms with van der Waals surface area (Å²) in [5.74, 6) is -3.94. The number of nitrogens with zero attached hydrogens (tertiary/aromatic N) is 3. The quantitative estimate of drug-likeness (QED) is 0.779. The van der Waals surface area contributed by atoms with Gasteiger partial charge in [0.1, 0.15) is 18.0 Å². The fourth-order valence-electron chi connectivity index (χ4n) is 4.45. The number of aliphatic hydroxyl groups excluding tert-OH is 1. The van der Waals surface area contributed by atoms with Gasteiger partial charge in [-0.15, -0.1) is 0 Å². The van der Waals surface area contributed by atoms with Crippen LogP contribution in [0.25, 0.3) is 0 Å². The molecule has 0 bridgehead atoms. The monoisotopic (exact) mass is 437 g/mol. The van der Waals surface area contributed by atoms with Crippen LogP contribution in [-0.4, -0.2) is 56.8 Å². The summed E-state index contributed by atoms with van der Waals surface area (Å²) >= 11 is 0. The molecular formula is C22H26F3N3O3. The van der Waals surface area contributed by atoms with E-state index in [0.29, 0.717) is 18.7 Å². The average Bonchev–Trinajstić information content (AvgIpc) is 2.95. The smallest absolute Gasteiger partial charge is 0.350 e. The molecule has 1 unspecified atom stereocenters. The molecule has 0 amide bonds. The van der Waals surface area contributed by atoms with Crippen LogP contribution in [0.1, 0.15) is 36.7 Å². The van der Waals surface area contributed by atoms with E-state index in [4.69, 9.17) is 4.74 Å². The Morgan fingerprint density at radius 2 is 1.97 bits per heavy atom. The number of ether oxygens (including phenoxy) is 1. The lowest BCUT2D eigenvalue weighted by Crippen LogP contribution is -2.48.